The number of benzene rings is 2. The van der Waals surface area contributed by atoms with Gasteiger partial charge in [-0.3, -0.25) is 14.8 Å². The Morgan fingerprint density at radius 1 is 0.882 bits per heavy atom. The minimum atomic E-state index is 0.155. The molecule has 34 heavy (non-hydrogen) atoms. The molecule has 1 fully saturated rings. The first-order valence-electron chi connectivity index (χ1n) is 12.2. The molecule has 1 saturated heterocycles. The van der Waals surface area contributed by atoms with E-state index < -0.39 is 0 Å². The van der Waals surface area contributed by atoms with Crippen LogP contribution in [0.2, 0.25) is 0 Å². The summed E-state index contributed by atoms with van der Waals surface area (Å²) in [6, 6.07) is 23.0. The molecule has 0 radical (unpaired) electrons. The van der Waals surface area contributed by atoms with Crippen molar-refractivity contribution in [2.45, 2.75) is 31.7 Å². The van der Waals surface area contributed by atoms with E-state index in [1.165, 1.54) is 5.56 Å². The van der Waals surface area contributed by atoms with E-state index in [0.717, 1.165) is 65.8 Å². The Balaban J connectivity index is 1.15. The maximum atomic E-state index is 13.5. The lowest BCUT2D eigenvalue weighted by atomic mass is 9.89. The molecule has 0 atom stereocenters. The topological polar surface area (TPSA) is 49.3 Å². The molecule has 5 nitrogen and oxygen atoms in total. The minimum Gasteiger partial charge on any atom is -0.371 e. The predicted molar refractivity (Wildman–Crippen MR) is 135 cm³/mol. The standard InChI is InChI=1S/C29H28N4O/c34-29-28-24(20-33(29)19-14-25-9-8-23-4-1-2-6-26(23)31-25)5-3-7-27(28)32-17-12-22(13-18-32)21-10-15-30-16-11-21/h1-11,15-16,22H,12-14,17-20H2. The Bertz CT molecular complexity index is 1330. The highest BCUT2D eigenvalue weighted by Crippen LogP contribution is 2.36. The van der Waals surface area contributed by atoms with Gasteiger partial charge in [0.05, 0.1) is 11.1 Å². The van der Waals surface area contributed by atoms with Crippen LogP contribution in [-0.4, -0.2) is 40.4 Å². The van der Waals surface area contributed by atoms with Gasteiger partial charge in [0.25, 0.3) is 5.91 Å². The maximum Gasteiger partial charge on any atom is 0.256 e. The van der Waals surface area contributed by atoms with Crippen LogP contribution in [0.3, 0.4) is 0 Å². The summed E-state index contributed by atoms with van der Waals surface area (Å²) < 4.78 is 0. The summed E-state index contributed by atoms with van der Waals surface area (Å²) in [5, 5.41) is 1.15. The Morgan fingerprint density at radius 3 is 2.56 bits per heavy atom. The summed E-state index contributed by atoms with van der Waals surface area (Å²) in [6.07, 6.45) is 6.72. The van der Waals surface area contributed by atoms with Gasteiger partial charge in [-0.15, -0.1) is 0 Å². The number of carbonyl (C=O) groups is 1. The van der Waals surface area contributed by atoms with Crippen LogP contribution in [0.4, 0.5) is 5.69 Å². The molecule has 1 amide bonds. The molecule has 0 unspecified atom stereocenters. The van der Waals surface area contributed by atoms with Crippen molar-refractivity contribution in [2.75, 3.05) is 24.5 Å². The van der Waals surface area contributed by atoms with Gasteiger partial charge < -0.3 is 9.80 Å². The lowest BCUT2D eigenvalue weighted by molar-refractivity contribution is 0.0780. The zero-order valence-electron chi connectivity index (χ0n) is 19.2. The molecule has 0 spiro atoms. The Labute approximate surface area is 200 Å². The Morgan fingerprint density at radius 2 is 1.71 bits per heavy atom. The van der Waals surface area contributed by atoms with Crippen LogP contribution in [0.25, 0.3) is 10.9 Å². The van der Waals surface area contributed by atoms with Gasteiger partial charge in [-0.2, -0.15) is 0 Å². The Kier molecular flexibility index (Phi) is 5.46. The number of fused-ring (bicyclic) bond motifs is 2. The highest BCUT2D eigenvalue weighted by atomic mass is 16.2. The van der Waals surface area contributed by atoms with Gasteiger partial charge in [-0.05, 0) is 60.2 Å². The fourth-order valence-electron chi connectivity index (χ4n) is 5.43. The summed E-state index contributed by atoms with van der Waals surface area (Å²) in [4.78, 5) is 26.8. The van der Waals surface area contributed by atoms with Gasteiger partial charge in [0.2, 0.25) is 0 Å². The van der Waals surface area contributed by atoms with E-state index in [1.54, 1.807) is 0 Å². The average molecular weight is 449 g/mol. The van der Waals surface area contributed by atoms with Gasteiger partial charge >= 0.3 is 0 Å². The third-order valence-corrected chi connectivity index (χ3v) is 7.30. The summed E-state index contributed by atoms with van der Waals surface area (Å²) in [5.74, 6) is 0.723. The van der Waals surface area contributed by atoms with Crippen LogP contribution >= 0.6 is 0 Å². The molecule has 5 heteroatoms. The normalized spacial score (nSPS) is 16.3. The number of para-hydroxylation sites is 1. The van der Waals surface area contributed by atoms with E-state index >= 15 is 0 Å². The van der Waals surface area contributed by atoms with Crippen LogP contribution in [0, 0.1) is 0 Å². The minimum absolute atomic E-state index is 0.155. The number of pyridine rings is 2. The van der Waals surface area contributed by atoms with Crippen molar-refractivity contribution < 1.29 is 4.79 Å². The van der Waals surface area contributed by atoms with E-state index in [2.05, 4.69) is 58.4 Å². The third-order valence-electron chi connectivity index (χ3n) is 7.30. The first kappa shape index (κ1) is 20.8. The van der Waals surface area contributed by atoms with Crippen molar-refractivity contribution >= 4 is 22.5 Å². The number of nitrogens with zero attached hydrogens (tertiary/aromatic N) is 4. The van der Waals surface area contributed by atoms with Gasteiger partial charge in [0, 0.05) is 61.8 Å². The number of aromatic nitrogens is 2. The molecule has 2 aliphatic heterocycles. The molecule has 2 aliphatic rings. The summed E-state index contributed by atoms with van der Waals surface area (Å²) in [6.45, 7) is 3.31. The second-order valence-electron chi connectivity index (χ2n) is 9.33. The number of piperidine rings is 1. The predicted octanol–water partition coefficient (Wildman–Crippen LogP) is 5.21. The van der Waals surface area contributed by atoms with Crippen molar-refractivity contribution in [3.8, 4) is 0 Å². The fourth-order valence-corrected chi connectivity index (χ4v) is 5.43. The molecule has 4 aromatic rings. The van der Waals surface area contributed by atoms with E-state index in [0.29, 0.717) is 19.0 Å². The maximum absolute atomic E-state index is 13.5. The zero-order valence-corrected chi connectivity index (χ0v) is 19.2. The van der Waals surface area contributed by atoms with E-state index in [-0.39, 0.29) is 5.91 Å². The number of carbonyl (C=O) groups excluding carboxylic acids is 1. The molecule has 2 aromatic carbocycles. The van der Waals surface area contributed by atoms with Crippen molar-refractivity contribution in [3.05, 3.63) is 102 Å². The smallest absolute Gasteiger partial charge is 0.256 e. The van der Waals surface area contributed by atoms with E-state index in [1.807, 2.05) is 35.5 Å². The molecule has 0 N–H and O–H groups in total. The van der Waals surface area contributed by atoms with Crippen molar-refractivity contribution in [1.29, 1.82) is 0 Å². The van der Waals surface area contributed by atoms with E-state index in [4.69, 9.17) is 4.98 Å². The molecule has 2 aromatic heterocycles. The number of anilines is 1. The van der Waals surface area contributed by atoms with Crippen LogP contribution in [0.1, 0.15) is 45.9 Å². The van der Waals surface area contributed by atoms with Crippen LogP contribution in [0.15, 0.2) is 79.1 Å². The second-order valence-corrected chi connectivity index (χ2v) is 9.33. The average Bonchev–Trinajstić information content (AvgIpc) is 3.23. The van der Waals surface area contributed by atoms with E-state index in [9.17, 15) is 4.79 Å². The highest BCUT2D eigenvalue weighted by Gasteiger charge is 2.32. The quantitative estimate of drug-likeness (QED) is 0.420. The first-order valence-corrected chi connectivity index (χ1v) is 12.2. The van der Waals surface area contributed by atoms with Gasteiger partial charge in [-0.1, -0.05) is 36.4 Å². The number of rotatable bonds is 5. The molecule has 0 bridgehead atoms. The molecular formula is C29H28N4O. The first-order chi connectivity index (χ1) is 16.8. The van der Waals surface area contributed by atoms with Crippen molar-refractivity contribution in [2.24, 2.45) is 0 Å². The largest absolute Gasteiger partial charge is 0.371 e. The Hall–Kier alpha value is -3.73. The van der Waals surface area contributed by atoms with Crippen LogP contribution in [-0.2, 0) is 13.0 Å². The summed E-state index contributed by atoms with van der Waals surface area (Å²) >= 11 is 0. The molecule has 0 saturated carbocycles. The van der Waals surface area contributed by atoms with Gasteiger partial charge in [0.15, 0.2) is 0 Å². The molecule has 4 heterocycles. The second kappa shape index (κ2) is 8.90. The number of hydrogen-bond donors (Lipinski definition) is 0. The summed E-state index contributed by atoms with van der Waals surface area (Å²) in [5.41, 5.74) is 6.55. The van der Waals surface area contributed by atoms with Crippen molar-refractivity contribution in [1.82, 2.24) is 14.9 Å². The third kappa shape index (κ3) is 3.92. The zero-order chi connectivity index (χ0) is 22.9. The van der Waals surface area contributed by atoms with Gasteiger partial charge in [0.1, 0.15) is 0 Å². The van der Waals surface area contributed by atoms with Crippen LogP contribution < -0.4 is 4.90 Å². The lowest BCUT2D eigenvalue weighted by Gasteiger charge is -2.34. The lowest BCUT2D eigenvalue weighted by Crippen LogP contribution is -2.34. The number of amides is 1. The number of hydrogen-bond acceptors (Lipinski definition) is 4. The van der Waals surface area contributed by atoms with Gasteiger partial charge in [-0.25, -0.2) is 0 Å². The molecule has 170 valence electrons. The molecule has 6 rings (SSSR count). The summed E-state index contributed by atoms with van der Waals surface area (Å²) in [7, 11) is 0. The SMILES string of the molecule is O=C1c2c(cccc2N2CCC(c3ccncc3)CC2)CN1CCc1ccc2ccccc2n1. The molecule has 0 aliphatic carbocycles. The van der Waals surface area contributed by atoms with Crippen molar-refractivity contribution in [3.63, 3.8) is 0 Å². The fraction of sp³-hybridized carbons (Fsp3) is 0.276. The van der Waals surface area contributed by atoms with Crippen LogP contribution in [0.5, 0.6) is 0 Å². The molecular weight excluding hydrogens is 420 g/mol. The highest BCUT2D eigenvalue weighted by molar-refractivity contribution is 6.03. The monoisotopic (exact) mass is 448 g/mol.